The van der Waals surface area contributed by atoms with Crippen LogP contribution in [0.2, 0.25) is 0 Å². The second kappa shape index (κ2) is 3.87. The fourth-order valence-electron chi connectivity index (χ4n) is 2.41. The summed E-state index contributed by atoms with van der Waals surface area (Å²) in [5.74, 6) is 0.792. The monoisotopic (exact) mass is 230 g/mol. The summed E-state index contributed by atoms with van der Waals surface area (Å²) in [6.07, 6.45) is 6.00. The summed E-state index contributed by atoms with van der Waals surface area (Å²) in [5, 5.41) is 11.6. The second-order valence-electron chi connectivity index (χ2n) is 4.77. The van der Waals surface area contributed by atoms with Crippen molar-refractivity contribution in [1.82, 2.24) is 4.57 Å². The van der Waals surface area contributed by atoms with Crippen molar-refractivity contribution in [2.75, 3.05) is 0 Å². The van der Waals surface area contributed by atoms with Crippen molar-refractivity contribution in [1.29, 1.82) is 0 Å². The molecule has 0 unspecified atom stereocenters. The smallest absolute Gasteiger partial charge is 0.270 e. The van der Waals surface area contributed by atoms with Crippen LogP contribution in [0.1, 0.15) is 19.3 Å². The van der Waals surface area contributed by atoms with Crippen LogP contribution >= 0.6 is 0 Å². The summed E-state index contributed by atoms with van der Waals surface area (Å²) in [6.45, 7) is 1.04. The topological polar surface area (TPSA) is 48.1 Å². The molecule has 0 bridgehead atoms. The van der Waals surface area contributed by atoms with Crippen LogP contribution in [0.3, 0.4) is 0 Å². The number of hydrogen-bond donors (Lipinski definition) is 0. The molecule has 3 rings (SSSR count). The minimum absolute atomic E-state index is 0.166. The third-order valence-corrected chi connectivity index (χ3v) is 3.65. The molecule has 0 N–H and O–H groups in total. The van der Waals surface area contributed by atoms with Gasteiger partial charge in [0.05, 0.1) is 4.92 Å². The first kappa shape index (κ1) is 10.3. The fraction of sp³-hybridized carbons (Fsp3) is 0.385. The summed E-state index contributed by atoms with van der Waals surface area (Å²) in [5.41, 5.74) is 1.27. The number of benzene rings is 1. The van der Waals surface area contributed by atoms with Gasteiger partial charge in [-0.1, -0.05) is 6.42 Å². The fourth-order valence-corrected chi connectivity index (χ4v) is 2.41. The molecule has 1 heterocycles. The van der Waals surface area contributed by atoms with Crippen molar-refractivity contribution in [3.63, 3.8) is 0 Å². The van der Waals surface area contributed by atoms with Gasteiger partial charge in [-0.25, -0.2) is 0 Å². The normalized spacial score (nSPS) is 16.0. The number of rotatable bonds is 3. The first-order chi connectivity index (χ1) is 8.24. The van der Waals surface area contributed by atoms with Gasteiger partial charge in [0.2, 0.25) is 0 Å². The minimum Gasteiger partial charge on any atom is -0.347 e. The lowest BCUT2D eigenvalue weighted by molar-refractivity contribution is -0.384. The highest BCUT2D eigenvalue weighted by atomic mass is 16.6. The summed E-state index contributed by atoms with van der Waals surface area (Å²) < 4.78 is 2.21. The molecule has 4 heteroatoms. The first-order valence-electron chi connectivity index (χ1n) is 5.97. The Morgan fingerprint density at radius 1 is 1.35 bits per heavy atom. The Kier molecular flexibility index (Phi) is 2.35. The molecule has 1 aromatic carbocycles. The second-order valence-corrected chi connectivity index (χ2v) is 4.77. The van der Waals surface area contributed by atoms with Crippen LogP contribution in [-0.2, 0) is 6.54 Å². The van der Waals surface area contributed by atoms with E-state index in [-0.39, 0.29) is 10.6 Å². The van der Waals surface area contributed by atoms with E-state index in [9.17, 15) is 10.1 Å². The number of nitro benzene ring substituents is 1. The van der Waals surface area contributed by atoms with E-state index in [1.54, 1.807) is 12.1 Å². The zero-order valence-electron chi connectivity index (χ0n) is 9.50. The van der Waals surface area contributed by atoms with Crippen molar-refractivity contribution in [3.8, 4) is 0 Å². The van der Waals surface area contributed by atoms with Gasteiger partial charge in [-0.3, -0.25) is 10.1 Å². The number of non-ortho nitro benzene ring substituents is 1. The first-order valence-corrected chi connectivity index (χ1v) is 5.97. The van der Waals surface area contributed by atoms with Gasteiger partial charge in [0.25, 0.3) is 5.69 Å². The summed E-state index contributed by atoms with van der Waals surface area (Å²) in [7, 11) is 0. The molecule has 1 aliphatic carbocycles. The molecule has 4 nitrogen and oxygen atoms in total. The van der Waals surface area contributed by atoms with Gasteiger partial charge < -0.3 is 4.57 Å². The third-order valence-electron chi connectivity index (χ3n) is 3.65. The van der Waals surface area contributed by atoms with Gasteiger partial charge in [-0.2, -0.15) is 0 Å². The molecular formula is C13H14N2O2. The maximum Gasteiger partial charge on any atom is 0.270 e. The molecule has 1 fully saturated rings. The standard InChI is InChI=1S/C13H14N2O2/c16-15(17)12-4-5-13-11(8-12)6-7-14(13)9-10-2-1-3-10/h4-8,10H,1-3,9H2. The van der Waals surface area contributed by atoms with Crippen molar-refractivity contribution in [3.05, 3.63) is 40.6 Å². The van der Waals surface area contributed by atoms with Crippen LogP contribution in [0.15, 0.2) is 30.5 Å². The van der Waals surface area contributed by atoms with Crippen molar-refractivity contribution in [2.24, 2.45) is 5.92 Å². The molecular weight excluding hydrogens is 216 g/mol. The minimum atomic E-state index is -0.345. The predicted octanol–water partition coefficient (Wildman–Crippen LogP) is 3.35. The largest absolute Gasteiger partial charge is 0.347 e. The maximum atomic E-state index is 10.7. The van der Waals surface area contributed by atoms with Crippen molar-refractivity contribution < 1.29 is 4.92 Å². The molecule has 1 aliphatic rings. The number of fused-ring (bicyclic) bond motifs is 1. The van der Waals surface area contributed by atoms with Gasteiger partial charge >= 0.3 is 0 Å². The Bertz CT molecular complexity index is 570. The highest BCUT2D eigenvalue weighted by molar-refractivity contribution is 5.82. The molecule has 1 saturated carbocycles. The van der Waals surface area contributed by atoms with E-state index in [1.165, 1.54) is 19.3 Å². The Hall–Kier alpha value is -1.84. The molecule has 0 radical (unpaired) electrons. The van der Waals surface area contributed by atoms with E-state index >= 15 is 0 Å². The summed E-state index contributed by atoms with van der Waals surface area (Å²) in [6, 6.07) is 7.04. The molecule has 17 heavy (non-hydrogen) atoms. The van der Waals surface area contributed by atoms with E-state index in [0.29, 0.717) is 0 Å². The molecule has 0 atom stereocenters. The van der Waals surface area contributed by atoms with Gasteiger partial charge in [0.1, 0.15) is 0 Å². The lowest BCUT2D eigenvalue weighted by atomic mass is 9.85. The van der Waals surface area contributed by atoms with Crippen LogP contribution in [0.25, 0.3) is 10.9 Å². The summed E-state index contributed by atoms with van der Waals surface area (Å²) >= 11 is 0. The highest BCUT2D eigenvalue weighted by Gasteiger charge is 2.18. The van der Waals surface area contributed by atoms with Gasteiger partial charge in [0.15, 0.2) is 0 Å². The SMILES string of the molecule is O=[N+]([O-])c1ccc2c(ccn2CC2CCC2)c1. The Balaban J connectivity index is 1.95. The lowest BCUT2D eigenvalue weighted by Crippen LogP contribution is -2.17. The van der Waals surface area contributed by atoms with Crippen LogP contribution in [0, 0.1) is 16.0 Å². The van der Waals surface area contributed by atoms with Gasteiger partial charge in [-0.15, -0.1) is 0 Å². The van der Waals surface area contributed by atoms with Crippen LogP contribution < -0.4 is 0 Å². The van der Waals surface area contributed by atoms with E-state index in [0.717, 1.165) is 23.4 Å². The molecule has 0 saturated heterocycles. The zero-order valence-corrected chi connectivity index (χ0v) is 9.50. The molecule has 0 aliphatic heterocycles. The van der Waals surface area contributed by atoms with E-state index in [4.69, 9.17) is 0 Å². The van der Waals surface area contributed by atoms with E-state index < -0.39 is 0 Å². The number of nitro groups is 1. The quantitative estimate of drug-likeness (QED) is 0.599. The molecule has 0 spiro atoms. The Labute approximate surface area is 99.0 Å². The lowest BCUT2D eigenvalue weighted by Gasteiger charge is -2.26. The van der Waals surface area contributed by atoms with Gasteiger partial charge in [-0.05, 0) is 30.9 Å². The highest BCUT2D eigenvalue weighted by Crippen LogP contribution is 2.30. The van der Waals surface area contributed by atoms with Crippen molar-refractivity contribution >= 4 is 16.6 Å². The number of hydrogen-bond acceptors (Lipinski definition) is 2. The van der Waals surface area contributed by atoms with Gasteiger partial charge in [0, 0.05) is 35.8 Å². The maximum absolute atomic E-state index is 10.7. The third kappa shape index (κ3) is 1.79. The van der Waals surface area contributed by atoms with Crippen molar-refractivity contribution in [2.45, 2.75) is 25.8 Å². The molecule has 1 aromatic heterocycles. The van der Waals surface area contributed by atoms with E-state index in [1.807, 2.05) is 18.3 Å². The Morgan fingerprint density at radius 2 is 2.18 bits per heavy atom. The Morgan fingerprint density at radius 3 is 2.82 bits per heavy atom. The van der Waals surface area contributed by atoms with Crippen LogP contribution in [0.4, 0.5) is 5.69 Å². The van der Waals surface area contributed by atoms with E-state index in [2.05, 4.69) is 4.57 Å². The average Bonchev–Trinajstić information content (AvgIpc) is 2.65. The average molecular weight is 230 g/mol. The molecule has 0 amide bonds. The molecule has 2 aromatic rings. The number of nitrogens with zero attached hydrogens (tertiary/aromatic N) is 2. The van der Waals surface area contributed by atoms with Crippen LogP contribution in [0.5, 0.6) is 0 Å². The zero-order chi connectivity index (χ0) is 11.8. The summed E-state index contributed by atoms with van der Waals surface area (Å²) in [4.78, 5) is 10.3. The predicted molar refractivity (Wildman–Crippen MR) is 65.9 cm³/mol. The molecule has 88 valence electrons. The number of aromatic nitrogens is 1. The van der Waals surface area contributed by atoms with Crippen LogP contribution in [-0.4, -0.2) is 9.49 Å².